The predicted octanol–water partition coefficient (Wildman–Crippen LogP) is 2.26. The maximum absolute atomic E-state index is 10.1. The molecule has 0 fully saturated rings. The molecule has 0 aromatic heterocycles. The molecule has 0 aliphatic rings. The Morgan fingerprint density at radius 1 is 1.14 bits per heavy atom. The SMILES string of the molecule is C=Cc1c(N=C=O)cccc1N=C=O. The number of nitrogens with zero attached hydrogens (tertiary/aromatic N) is 2. The molecule has 0 amide bonds. The van der Waals surface area contributed by atoms with E-state index < -0.39 is 0 Å². The largest absolute Gasteiger partial charge is 0.240 e. The fourth-order valence-corrected chi connectivity index (χ4v) is 1.04. The Labute approximate surface area is 80.3 Å². The van der Waals surface area contributed by atoms with Gasteiger partial charge in [0.15, 0.2) is 0 Å². The summed E-state index contributed by atoms with van der Waals surface area (Å²) in [4.78, 5) is 27.1. The van der Waals surface area contributed by atoms with Crippen LogP contribution in [0.5, 0.6) is 0 Å². The van der Waals surface area contributed by atoms with Crippen molar-refractivity contribution in [2.24, 2.45) is 9.98 Å². The molecular formula is C10H6N2O2. The zero-order valence-electron chi connectivity index (χ0n) is 7.23. The van der Waals surface area contributed by atoms with Gasteiger partial charge in [0.25, 0.3) is 0 Å². The molecule has 4 nitrogen and oxygen atoms in total. The maximum Gasteiger partial charge on any atom is 0.240 e. The van der Waals surface area contributed by atoms with Crippen LogP contribution in [0.4, 0.5) is 11.4 Å². The van der Waals surface area contributed by atoms with Crippen molar-refractivity contribution in [1.82, 2.24) is 0 Å². The molecule has 0 aliphatic heterocycles. The van der Waals surface area contributed by atoms with Crippen LogP contribution in [-0.4, -0.2) is 12.2 Å². The fourth-order valence-electron chi connectivity index (χ4n) is 1.04. The average Bonchev–Trinajstić information content (AvgIpc) is 2.19. The standard InChI is InChI=1S/C10H6N2O2/c1-2-8-9(11-6-13)4-3-5-10(8)12-7-14/h2-5H,1H2. The van der Waals surface area contributed by atoms with E-state index in [1.807, 2.05) is 0 Å². The third kappa shape index (κ3) is 1.90. The monoisotopic (exact) mass is 186 g/mol. The van der Waals surface area contributed by atoms with E-state index in [0.717, 1.165) is 0 Å². The van der Waals surface area contributed by atoms with Gasteiger partial charge in [-0.15, -0.1) is 0 Å². The van der Waals surface area contributed by atoms with Crippen molar-refractivity contribution in [3.8, 4) is 0 Å². The smallest absolute Gasteiger partial charge is 0.211 e. The van der Waals surface area contributed by atoms with Gasteiger partial charge in [0.1, 0.15) is 0 Å². The van der Waals surface area contributed by atoms with E-state index in [1.54, 1.807) is 18.2 Å². The van der Waals surface area contributed by atoms with E-state index in [2.05, 4.69) is 16.6 Å². The molecule has 1 rings (SSSR count). The van der Waals surface area contributed by atoms with Crippen LogP contribution in [-0.2, 0) is 9.59 Å². The first-order valence-corrected chi connectivity index (χ1v) is 3.74. The summed E-state index contributed by atoms with van der Waals surface area (Å²) in [6.45, 7) is 3.54. The number of hydrogen-bond donors (Lipinski definition) is 0. The van der Waals surface area contributed by atoms with E-state index in [9.17, 15) is 9.59 Å². The van der Waals surface area contributed by atoms with Gasteiger partial charge < -0.3 is 0 Å². The molecular weight excluding hydrogens is 180 g/mol. The molecule has 4 heteroatoms. The zero-order valence-corrected chi connectivity index (χ0v) is 7.23. The number of benzene rings is 1. The average molecular weight is 186 g/mol. The zero-order chi connectivity index (χ0) is 10.4. The van der Waals surface area contributed by atoms with Gasteiger partial charge in [0.2, 0.25) is 12.2 Å². The molecule has 1 aromatic rings. The van der Waals surface area contributed by atoms with Crippen molar-refractivity contribution >= 4 is 29.6 Å². The summed E-state index contributed by atoms with van der Waals surface area (Å²) in [5.74, 6) is 0. The summed E-state index contributed by atoms with van der Waals surface area (Å²) < 4.78 is 0. The molecule has 0 saturated heterocycles. The van der Waals surface area contributed by atoms with Crippen molar-refractivity contribution in [3.05, 3.63) is 30.3 Å². The normalized spacial score (nSPS) is 8.29. The number of hydrogen-bond acceptors (Lipinski definition) is 4. The number of rotatable bonds is 3. The first-order chi connectivity index (χ1) is 6.83. The Bertz CT molecular complexity index is 417. The van der Waals surface area contributed by atoms with Crippen molar-refractivity contribution in [2.45, 2.75) is 0 Å². The second kappa shape index (κ2) is 4.67. The molecule has 0 N–H and O–H groups in total. The van der Waals surface area contributed by atoms with Gasteiger partial charge in [0.05, 0.1) is 11.4 Å². The highest BCUT2D eigenvalue weighted by Gasteiger charge is 2.02. The quantitative estimate of drug-likeness (QED) is 0.537. The highest BCUT2D eigenvalue weighted by atomic mass is 16.1. The molecule has 14 heavy (non-hydrogen) atoms. The van der Waals surface area contributed by atoms with Crippen molar-refractivity contribution < 1.29 is 9.59 Å². The molecule has 0 atom stereocenters. The minimum Gasteiger partial charge on any atom is -0.211 e. The molecule has 0 bridgehead atoms. The van der Waals surface area contributed by atoms with E-state index in [4.69, 9.17) is 0 Å². The lowest BCUT2D eigenvalue weighted by Gasteiger charge is -2.00. The molecule has 0 unspecified atom stereocenters. The van der Waals surface area contributed by atoms with Gasteiger partial charge in [-0.05, 0) is 12.1 Å². The molecule has 0 radical (unpaired) electrons. The van der Waals surface area contributed by atoms with Crippen LogP contribution in [0.15, 0.2) is 34.8 Å². The summed E-state index contributed by atoms with van der Waals surface area (Å²) in [6.07, 6.45) is 4.29. The Balaban J connectivity index is 3.45. The third-order valence-electron chi connectivity index (χ3n) is 1.60. The van der Waals surface area contributed by atoms with Gasteiger partial charge in [-0.1, -0.05) is 18.7 Å². The second-order valence-corrected chi connectivity index (χ2v) is 2.32. The maximum atomic E-state index is 10.1. The highest BCUT2D eigenvalue weighted by molar-refractivity contribution is 5.76. The lowest BCUT2D eigenvalue weighted by Crippen LogP contribution is -1.75. The number of carbonyl (C=O) groups excluding carboxylic acids is 2. The van der Waals surface area contributed by atoms with Gasteiger partial charge in [-0.3, -0.25) is 0 Å². The molecule has 1 aromatic carbocycles. The van der Waals surface area contributed by atoms with Crippen molar-refractivity contribution in [3.63, 3.8) is 0 Å². The van der Waals surface area contributed by atoms with Crippen LogP contribution in [0, 0.1) is 0 Å². The van der Waals surface area contributed by atoms with Crippen molar-refractivity contribution in [2.75, 3.05) is 0 Å². The lowest BCUT2D eigenvalue weighted by molar-refractivity contribution is 0.565. The van der Waals surface area contributed by atoms with Gasteiger partial charge >= 0.3 is 0 Å². The molecule has 0 saturated carbocycles. The fraction of sp³-hybridized carbons (Fsp3) is 0. The predicted molar refractivity (Wildman–Crippen MR) is 52.1 cm³/mol. The topological polar surface area (TPSA) is 58.9 Å². The summed E-state index contributed by atoms with van der Waals surface area (Å²) in [7, 11) is 0. The number of aliphatic imine (C=N–C) groups is 2. The summed E-state index contributed by atoms with van der Waals surface area (Å²) in [5.41, 5.74) is 1.28. The van der Waals surface area contributed by atoms with Crippen LogP contribution >= 0.6 is 0 Å². The van der Waals surface area contributed by atoms with Gasteiger partial charge in [0, 0.05) is 5.56 Å². The van der Waals surface area contributed by atoms with Crippen LogP contribution in [0.3, 0.4) is 0 Å². The molecule has 0 spiro atoms. The van der Waals surface area contributed by atoms with E-state index in [-0.39, 0.29) is 0 Å². The summed E-state index contributed by atoms with van der Waals surface area (Å²) in [5, 5.41) is 0. The second-order valence-electron chi connectivity index (χ2n) is 2.32. The van der Waals surface area contributed by atoms with Crippen molar-refractivity contribution in [1.29, 1.82) is 0 Å². The number of isocyanates is 2. The molecule has 0 aliphatic carbocycles. The van der Waals surface area contributed by atoms with Gasteiger partial charge in [-0.25, -0.2) is 9.59 Å². The first-order valence-electron chi connectivity index (χ1n) is 3.74. The summed E-state index contributed by atoms with van der Waals surface area (Å²) >= 11 is 0. The Morgan fingerprint density at radius 2 is 1.64 bits per heavy atom. The lowest BCUT2D eigenvalue weighted by atomic mass is 10.1. The first kappa shape index (κ1) is 9.81. The Kier molecular flexibility index (Phi) is 3.27. The molecule has 68 valence electrons. The minimum atomic E-state index is 0.381. The Hall–Kier alpha value is -2.28. The van der Waals surface area contributed by atoms with Crippen LogP contribution in [0.1, 0.15) is 5.56 Å². The van der Waals surface area contributed by atoms with Crippen LogP contribution in [0.25, 0.3) is 6.08 Å². The Morgan fingerprint density at radius 3 is 2.00 bits per heavy atom. The van der Waals surface area contributed by atoms with Crippen LogP contribution in [0.2, 0.25) is 0 Å². The minimum absolute atomic E-state index is 0.381. The molecule has 0 heterocycles. The van der Waals surface area contributed by atoms with E-state index in [1.165, 1.54) is 18.2 Å². The van der Waals surface area contributed by atoms with Crippen LogP contribution < -0.4 is 0 Å². The highest BCUT2D eigenvalue weighted by Crippen LogP contribution is 2.29. The van der Waals surface area contributed by atoms with E-state index in [0.29, 0.717) is 16.9 Å². The summed E-state index contributed by atoms with van der Waals surface area (Å²) in [6, 6.07) is 4.83. The third-order valence-corrected chi connectivity index (χ3v) is 1.60. The van der Waals surface area contributed by atoms with Gasteiger partial charge in [-0.2, -0.15) is 9.98 Å². The van der Waals surface area contributed by atoms with E-state index >= 15 is 0 Å².